The molecule has 0 saturated carbocycles. The summed E-state index contributed by atoms with van der Waals surface area (Å²) in [4.78, 5) is 10.3. The Morgan fingerprint density at radius 2 is 1.70 bits per heavy atom. The van der Waals surface area contributed by atoms with Crippen LogP contribution in [0.4, 0.5) is 8.78 Å². The van der Waals surface area contributed by atoms with Gasteiger partial charge in [0.25, 0.3) is 0 Å². The fourth-order valence-corrected chi connectivity index (χ4v) is 2.80. The molecule has 5 heteroatoms. The smallest absolute Gasteiger partial charge is 0.162 e. The zero-order chi connectivity index (χ0) is 16.4. The van der Waals surface area contributed by atoms with Crippen molar-refractivity contribution < 1.29 is 8.78 Å². The second-order valence-corrected chi connectivity index (χ2v) is 5.95. The zero-order valence-corrected chi connectivity index (χ0v) is 13.3. The lowest BCUT2D eigenvalue weighted by Crippen LogP contribution is -2.34. The first-order valence-corrected chi connectivity index (χ1v) is 7.76. The van der Waals surface area contributed by atoms with Crippen LogP contribution in [0.2, 0.25) is 0 Å². The van der Waals surface area contributed by atoms with E-state index in [-0.39, 0.29) is 11.4 Å². The van der Waals surface area contributed by atoms with E-state index in [1.54, 1.807) is 6.07 Å². The first-order chi connectivity index (χ1) is 11.1. The Morgan fingerprint density at radius 1 is 1.04 bits per heavy atom. The van der Waals surface area contributed by atoms with E-state index in [1.165, 1.54) is 24.5 Å². The lowest BCUT2D eigenvalue weighted by Gasteiger charge is -2.29. The molecule has 1 aromatic carbocycles. The Labute approximate surface area is 134 Å². The van der Waals surface area contributed by atoms with Crippen molar-refractivity contribution in [1.29, 1.82) is 0 Å². The van der Waals surface area contributed by atoms with Gasteiger partial charge in [-0.1, -0.05) is 6.08 Å². The van der Waals surface area contributed by atoms with E-state index in [0.717, 1.165) is 25.1 Å². The van der Waals surface area contributed by atoms with E-state index in [1.807, 2.05) is 6.08 Å². The van der Waals surface area contributed by atoms with Crippen LogP contribution in [0.25, 0.3) is 17.0 Å². The highest BCUT2D eigenvalue weighted by molar-refractivity contribution is 5.70. The summed E-state index contributed by atoms with van der Waals surface area (Å²) >= 11 is 0. The molecule has 0 N–H and O–H groups in total. The van der Waals surface area contributed by atoms with Gasteiger partial charge in [-0.3, -0.25) is 4.90 Å². The van der Waals surface area contributed by atoms with Gasteiger partial charge in [-0.25, -0.2) is 18.7 Å². The topological polar surface area (TPSA) is 29.0 Å². The minimum atomic E-state index is -0.500. The van der Waals surface area contributed by atoms with Gasteiger partial charge in [0.1, 0.15) is 11.6 Å². The maximum absolute atomic E-state index is 14.5. The average molecular weight is 315 g/mol. The fourth-order valence-electron chi connectivity index (χ4n) is 2.80. The summed E-state index contributed by atoms with van der Waals surface area (Å²) in [5.74, 6) is -0.739. The molecule has 1 aliphatic rings. The van der Waals surface area contributed by atoms with Crippen molar-refractivity contribution in [2.45, 2.75) is 26.3 Å². The van der Waals surface area contributed by atoms with E-state index in [4.69, 9.17) is 0 Å². The largest absolute Gasteiger partial charge is 0.297 e. The van der Waals surface area contributed by atoms with Gasteiger partial charge >= 0.3 is 0 Å². The molecule has 0 bridgehead atoms. The van der Waals surface area contributed by atoms with Crippen LogP contribution in [0.3, 0.4) is 0 Å². The summed E-state index contributed by atoms with van der Waals surface area (Å²) in [6.45, 7) is 5.88. The Balaban J connectivity index is 1.92. The first-order valence-electron chi connectivity index (χ1n) is 7.76. The number of hydrogen-bond donors (Lipinski definition) is 0. The quantitative estimate of drug-likeness (QED) is 0.859. The number of benzene rings is 1. The van der Waals surface area contributed by atoms with E-state index < -0.39 is 11.6 Å². The summed E-state index contributed by atoms with van der Waals surface area (Å²) in [6, 6.07) is 4.54. The normalized spacial score (nSPS) is 15.8. The zero-order valence-electron chi connectivity index (χ0n) is 13.3. The molecule has 0 unspecified atom stereocenters. The van der Waals surface area contributed by atoms with Crippen LogP contribution in [0, 0.1) is 11.6 Å². The molecule has 2 heterocycles. The van der Waals surface area contributed by atoms with Crippen LogP contribution in [-0.2, 0) is 0 Å². The molecule has 1 aliphatic heterocycles. The van der Waals surface area contributed by atoms with Crippen molar-refractivity contribution in [1.82, 2.24) is 14.9 Å². The Hall–Kier alpha value is -2.14. The van der Waals surface area contributed by atoms with Gasteiger partial charge in [0, 0.05) is 37.1 Å². The van der Waals surface area contributed by atoms with Crippen LogP contribution in [-0.4, -0.2) is 34.0 Å². The number of hydrogen-bond acceptors (Lipinski definition) is 3. The van der Waals surface area contributed by atoms with Crippen LogP contribution < -0.4 is 0 Å². The molecular weight excluding hydrogens is 296 g/mol. The molecule has 1 aromatic heterocycles. The molecule has 0 fully saturated rings. The maximum Gasteiger partial charge on any atom is 0.162 e. The molecule has 0 amide bonds. The van der Waals surface area contributed by atoms with Crippen molar-refractivity contribution in [3.63, 3.8) is 0 Å². The molecule has 120 valence electrons. The van der Waals surface area contributed by atoms with Crippen LogP contribution >= 0.6 is 0 Å². The van der Waals surface area contributed by atoms with Gasteiger partial charge in [0.2, 0.25) is 0 Å². The number of aromatic nitrogens is 2. The molecular formula is C18H19F2N3. The van der Waals surface area contributed by atoms with Gasteiger partial charge in [-0.15, -0.1) is 0 Å². The van der Waals surface area contributed by atoms with E-state index in [9.17, 15) is 8.78 Å². The number of nitrogens with zero attached hydrogens (tertiary/aromatic N) is 3. The lowest BCUT2D eigenvalue weighted by molar-refractivity contribution is 0.245. The summed E-state index contributed by atoms with van der Waals surface area (Å²) in [7, 11) is 0. The van der Waals surface area contributed by atoms with Crippen LogP contribution in [0.15, 0.2) is 36.7 Å². The average Bonchev–Trinajstić information content (AvgIpc) is 2.57. The highest BCUT2D eigenvalue weighted by atomic mass is 19.1. The van der Waals surface area contributed by atoms with Crippen molar-refractivity contribution in [3.05, 3.63) is 53.9 Å². The standard InChI is InChI=1S/C18H19F2N3/c1-12(2)23-8-4-13(5-9-23)14-10-17(20)15(11-16(14)19)18-21-6-3-7-22-18/h3-4,6-7,10-12H,5,8-9H2,1-2H3. The van der Waals surface area contributed by atoms with Crippen molar-refractivity contribution in [2.75, 3.05) is 13.1 Å². The molecule has 0 aliphatic carbocycles. The second kappa shape index (κ2) is 6.54. The molecule has 3 rings (SSSR count). The van der Waals surface area contributed by atoms with Gasteiger partial charge in [0.05, 0.1) is 5.56 Å². The van der Waals surface area contributed by atoms with E-state index >= 15 is 0 Å². The highest BCUT2D eigenvalue weighted by Crippen LogP contribution is 2.30. The minimum Gasteiger partial charge on any atom is -0.297 e. The minimum absolute atomic E-state index is 0.0899. The Morgan fingerprint density at radius 3 is 2.30 bits per heavy atom. The molecule has 2 aromatic rings. The summed E-state index contributed by atoms with van der Waals surface area (Å²) in [6.07, 6.45) is 5.73. The summed E-state index contributed by atoms with van der Waals surface area (Å²) < 4.78 is 28.9. The fraction of sp³-hybridized carbons (Fsp3) is 0.333. The predicted octanol–water partition coefficient (Wildman–Crippen LogP) is 3.92. The predicted molar refractivity (Wildman–Crippen MR) is 86.7 cm³/mol. The maximum atomic E-state index is 14.5. The van der Waals surface area contributed by atoms with Gasteiger partial charge < -0.3 is 0 Å². The summed E-state index contributed by atoms with van der Waals surface area (Å²) in [5, 5.41) is 0. The lowest BCUT2D eigenvalue weighted by atomic mass is 9.96. The van der Waals surface area contributed by atoms with Crippen molar-refractivity contribution in [2.24, 2.45) is 0 Å². The Bertz CT molecular complexity index is 727. The third kappa shape index (κ3) is 3.29. The number of halogens is 2. The molecule has 3 nitrogen and oxygen atoms in total. The van der Waals surface area contributed by atoms with Crippen molar-refractivity contribution in [3.8, 4) is 11.4 Å². The van der Waals surface area contributed by atoms with Crippen molar-refractivity contribution >= 4 is 5.57 Å². The third-order valence-electron chi connectivity index (χ3n) is 4.18. The SMILES string of the molecule is CC(C)N1CC=C(c2cc(F)c(-c3ncccn3)cc2F)CC1. The summed E-state index contributed by atoms with van der Waals surface area (Å²) in [5.41, 5.74) is 1.29. The Kier molecular flexibility index (Phi) is 4.48. The van der Waals surface area contributed by atoms with E-state index in [2.05, 4.69) is 28.7 Å². The van der Waals surface area contributed by atoms with Crippen LogP contribution in [0.5, 0.6) is 0 Å². The first kappa shape index (κ1) is 15.7. The molecule has 0 atom stereocenters. The second-order valence-electron chi connectivity index (χ2n) is 5.95. The molecule has 0 radical (unpaired) electrons. The van der Waals surface area contributed by atoms with Gasteiger partial charge in [-0.2, -0.15) is 0 Å². The third-order valence-corrected chi connectivity index (χ3v) is 4.18. The molecule has 23 heavy (non-hydrogen) atoms. The van der Waals surface area contributed by atoms with Crippen LogP contribution in [0.1, 0.15) is 25.8 Å². The molecule has 0 saturated heterocycles. The van der Waals surface area contributed by atoms with E-state index in [0.29, 0.717) is 11.6 Å². The number of rotatable bonds is 3. The highest BCUT2D eigenvalue weighted by Gasteiger charge is 2.20. The molecule has 0 spiro atoms. The van der Waals surface area contributed by atoms with Gasteiger partial charge in [0.15, 0.2) is 5.82 Å². The van der Waals surface area contributed by atoms with Gasteiger partial charge in [-0.05, 0) is 44.0 Å². The monoisotopic (exact) mass is 315 g/mol.